The first-order valence-electron chi connectivity index (χ1n) is 12.5. The van der Waals surface area contributed by atoms with Crippen molar-refractivity contribution in [1.29, 1.82) is 0 Å². The molecule has 2 heterocycles. The van der Waals surface area contributed by atoms with Crippen LogP contribution in [0.15, 0.2) is 56.9 Å². The van der Waals surface area contributed by atoms with Crippen LogP contribution in [0.4, 0.5) is 4.39 Å². The number of halogens is 2. The second-order valence-electron chi connectivity index (χ2n) is 9.85. The lowest BCUT2D eigenvalue weighted by atomic mass is 9.83. The molecule has 2 aromatic carbocycles. The quantitative estimate of drug-likeness (QED) is 0.190. The normalized spacial score (nSPS) is 22.7. The molecule has 10 heteroatoms. The van der Waals surface area contributed by atoms with Crippen molar-refractivity contribution in [3.63, 3.8) is 0 Å². The monoisotopic (exact) mass is 581 g/mol. The van der Waals surface area contributed by atoms with Gasteiger partial charge in [-0.05, 0) is 79.5 Å². The number of rotatable bonds is 6. The molecule has 2 aromatic heterocycles. The zero-order chi connectivity index (χ0) is 25.7. The van der Waals surface area contributed by atoms with E-state index in [1.54, 1.807) is 0 Å². The van der Waals surface area contributed by atoms with Crippen molar-refractivity contribution >= 4 is 50.1 Å². The van der Waals surface area contributed by atoms with Crippen LogP contribution in [-0.2, 0) is 4.79 Å². The van der Waals surface area contributed by atoms with E-state index in [4.69, 9.17) is 4.98 Å². The third-order valence-electron chi connectivity index (χ3n) is 7.75. The molecule has 0 aliphatic heterocycles. The lowest BCUT2D eigenvalue weighted by molar-refractivity contribution is -0.120. The molecular weight excluding hydrogens is 557 g/mol. The molecular formula is C27H25BrFN5O2S. The van der Waals surface area contributed by atoms with Gasteiger partial charge in [-0.2, -0.15) is 14.6 Å². The van der Waals surface area contributed by atoms with Gasteiger partial charge in [-0.1, -0.05) is 41.0 Å². The molecule has 37 heavy (non-hydrogen) atoms. The van der Waals surface area contributed by atoms with Crippen LogP contribution in [0.2, 0.25) is 0 Å². The Kier molecular flexibility index (Phi) is 6.48. The van der Waals surface area contributed by atoms with Crippen molar-refractivity contribution in [2.75, 3.05) is 5.75 Å². The molecule has 4 aromatic rings. The van der Waals surface area contributed by atoms with Crippen molar-refractivity contribution in [3.05, 3.63) is 63.1 Å². The van der Waals surface area contributed by atoms with Gasteiger partial charge in [-0.3, -0.25) is 9.59 Å². The first-order valence-corrected chi connectivity index (χ1v) is 14.3. The molecule has 7 nitrogen and oxygen atoms in total. The Morgan fingerprint density at radius 1 is 1.16 bits per heavy atom. The summed E-state index contributed by atoms with van der Waals surface area (Å²) in [6.45, 7) is 2.21. The minimum Gasteiger partial charge on any atom is -0.352 e. The molecule has 2 bridgehead atoms. The van der Waals surface area contributed by atoms with Crippen LogP contribution >= 0.6 is 27.7 Å². The predicted molar refractivity (Wildman–Crippen MR) is 145 cm³/mol. The lowest BCUT2D eigenvalue weighted by Gasteiger charge is -2.31. The second kappa shape index (κ2) is 9.79. The van der Waals surface area contributed by atoms with E-state index in [1.165, 1.54) is 59.8 Å². The maximum atomic E-state index is 13.5. The average molecular weight is 582 g/mol. The average Bonchev–Trinajstić information content (AvgIpc) is 3.49. The predicted octanol–water partition coefficient (Wildman–Crippen LogP) is 5.24. The summed E-state index contributed by atoms with van der Waals surface area (Å²) < 4.78 is 15.8. The van der Waals surface area contributed by atoms with Crippen LogP contribution in [0.3, 0.4) is 0 Å². The number of nitrogens with zero attached hydrogens (tertiary/aromatic N) is 4. The highest BCUT2D eigenvalue weighted by atomic mass is 79.9. The number of fused-ring (bicyclic) bond motifs is 5. The molecule has 6 rings (SSSR count). The molecule has 0 saturated heterocycles. The van der Waals surface area contributed by atoms with Gasteiger partial charge in [-0.25, -0.2) is 9.37 Å². The SMILES string of the molecule is CC[C@@H]1[C@H]2CC[C@@H](C2)[C@H]1NC(=O)CSc1nc2cc(Br)ccc2c2nc(=O)c(-c3ccc(F)cc3)nn12. The Hall–Kier alpha value is -2.85. The molecule has 0 unspecified atom stereocenters. The first kappa shape index (κ1) is 24.5. The topological polar surface area (TPSA) is 89.2 Å². The van der Waals surface area contributed by atoms with Gasteiger partial charge in [0.2, 0.25) is 5.91 Å². The second-order valence-corrected chi connectivity index (χ2v) is 11.7. The zero-order valence-corrected chi connectivity index (χ0v) is 22.6. The van der Waals surface area contributed by atoms with Crippen LogP contribution in [-0.4, -0.2) is 37.3 Å². The number of hydrogen-bond acceptors (Lipinski definition) is 6. The van der Waals surface area contributed by atoms with Gasteiger partial charge in [0, 0.05) is 21.5 Å². The number of hydrogen-bond donors (Lipinski definition) is 1. The highest BCUT2D eigenvalue weighted by Gasteiger charge is 2.46. The Bertz CT molecular complexity index is 1580. The Balaban J connectivity index is 1.35. The summed E-state index contributed by atoms with van der Waals surface area (Å²) >= 11 is 4.74. The molecule has 0 spiro atoms. The standard InChI is InChI=1S/C27H25BrFN5O2S/c1-2-19-15-3-4-16(11-15)23(19)31-22(35)13-37-27-30-21-12-17(28)7-10-20(21)25-32-26(36)24(33-34(25)27)14-5-8-18(29)9-6-14/h5-10,12,15-16,19,23H,2-4,11,13H2,1H3,(H,31,35)/t15-,16-,19+,23+/m0/s1. The molecule has 2 aliphatic carbocycles. The number of thioether (sulfide) groups is 1. The molecule has 0 radical (unpaired) electrons. The summed E-state index contributed by atoms with van der Waals surface area (Å²) in [5.74, 6) is 1.60. The highest BCUT2D eigenvalue weighted by molar-refractivity contribution is 9.10. The van der Waals surface area contributed by atoms with Gasteiger partial charge in [0.05, 0.1) is 11.3 Å². The van der Waals surface area contributed by atoms with Crippen molar-refractivity contribution in [2.24, 2.45) is 17.8 Å². The van der Waals surface area contributed by atoms with E-state index in [0.29, 0.717) is 39.1 Å². The number of carbonyl (C=O) groups excluding carboxylic acids is 1. The molecule has 2 aliphatic rings. The van der Waals surface area contributed by atoms with Gasteiger partial charge in [0.15, 0.2) is 16.5 Å². The van der Waals surface area contributed by atoms with Crippen molar-refractivity contribution in [2.45, 2.75) is 43.8 Å². The van der Waals surface area contributed by atoms with Gasteiger partial charge in [0.1, 0.15) is 5.82 Å². The minimum atomic E-state index is -0.516. The van der Waals surface area contributed by atoms with Gasteiger partial charge >= 0.3 is 0 Å². The maximum Gasteiger partial charge on any atom is 0.300 e. The smallest absolute Gasteiger partial charge is 0.300 e. The van der Waals surface area contributed by atoms with Crippen LogP contribution < -0.4 is 10.9 Å². The number of nitrogens with one attached hydrogen (secondary N) is 1. The molecule has 1 amide bonds. The summed E-state index contributed by atoms with van der Waals surface area (Å²) in [4.78, 5) is 35.1. The van der Waals surface area contributed by atoms with Crippen molar-refractivity contribution in [1.82, 2.24) is 24.9 Å². The molecule has 1 N–H and O–H groups in total. The van der Waals surface area contributed by atoms with E-state index in [-0.39, 0.29) is 23.4 Å². The van der Waals surface area contributed by atoms with E-state index in [2.05, 4.69) is 38.3 Å². The minimum absolute atomic E-state index is 0.0296. The van der Waals surface area contributed by atoms with E-state index in [0.717, 1.165) is 16.8 Å². The van der Waals surface area contributed by atoms with Crippen LogP contribution in [0, 0.1) is 23.6 Å². The van der Waals surface area contributed by atoms with Crippen LogP contribution in [0.1, 0.15) is 32.6 Å². The van der Waals surface area contributed by atoms with E-state index >= 15 is 0 Å². The third kappa shape index (κ3) is 4.54. The van der Waals surface area contributed by atoms with Crippen LogP contribution in [0.5, 0.6) is 0 Å². The molecule has 2 saturated carbocycles. The Morgan fingerprint density at radius 3 is 2.73 bits per heavy atom. The van der Waals surface area contributed by atoms with Crippen LogP contribution in [0.25, 0.3) is 27.8 Å². The fourth-order valence-corrected chi connectivity index (χ4v) is 7.20. The number of carbonyl (C=O) groups is 1. The first-order chi connectivity index (χ1) is 17.9. The third-order valence-corrected chi connectivity index (χ3v) is 9.17. The largest absolute Gasteiger partial charge is 0.352 e. The number of amides is 1. The maximum absolute atomic E-state index is 13.5. The van der Waals surface area contributed by atoms with Crippen molar-refractivity contribution in [3.8, 4) is 11.3 Å². The summed E-state index contributed by atoms with van der Waals surface area (Å²) in [5.41, 5.74) is 1.03. The highest BCUT2D eigenvalue weighted by Crippen LogP contribution is 2.49. The molecule has 4 atom stereocenters. The van der Waals surface area contributed by atoms with Gasteiger partial charge in [-0.15, -0.1) is 0 Å². The van der Waals surface area contributed by atoms with Crippen molar-refractivity contribution < 1.29 is 9.18 Å². The van der Waals surface area contributed by atoms with E-state index in [9.17, 15) is 14.0 Å². The van der Waals surface area contributed by atoms with E-state index in [1.807, 2.05) is 18.2 Å². The Morgan fingerprint density at radius 2 is 1.95 bits per heavy atom. The zero-order valence-electron chi connectivity index (χ0n) is 20.2. The fraction of sp³-hybridized carbons (Fsp3) is 0.370. The Labute approximate surface area is 225 Å². The number of aromatic nitrogens is 4. The summed E-state index contributed by atoms with van der Waals surface area (Å²) in [7, 11) is 0. The summed E-state index contributed by atoms with van der Waals surface area (Å²) in [5, 5.41) is 9.00. The summed E-state index contributed by atoms with van der Waals surface area (Å²) in [6, 6.07) is 11.3. The van der Waals surface area contributed by atoms with Gasteiger partial charge < -0.3 is 5.32 Å². The number of benzene rings is 2. The van der Waals surface area contributed by atoms with Gasteiger partial charge in [0.25, 0.3) is 5.56 Å². The molecule has 2 fully saturated rings. The lowest BCUT2D eigenvalue weighted by Crippen LogP contribution is -2.44. The van der Waals surface area contributed by atoms with E-state index < -0.39 is 11.4 Å². The fourth-order valence-electron chi connectivity index (χ4n) is 6.09. The molecule has 190 valence electrons. The summed E-state index contributed by atoms with van der Waals surface area (Å²) in [6.07, 6.45) is 4.78.